The molecule has 2 aliphatic carbocycles. The Bertz CT molecular complexity index is 237. The molecule has 2 fully saturated rings. The Morgan fingerprint density at radius 1 is 1.17 bits per heavy atom. The third kappa shape index (κ3) is 3.71. The number of nitrogens with one attached hydrogen (secondary N) is 1. The topological polar surface area (TPSA) is 32.3 Å². The highest BCUT2D eigenvalue weighted by atomic mass is 16.3. The van der Waals surface area contributed by atoms with Crippen LogP contribution in [0.3, 0.4) is 0 Å². The molecule has 2 heteroatoms. The van der Waals surface area contributed by atoms with Crippen molar-refractivity contribution < 1.29 is 5.11 Å². The van der Waals surface area contributed by atoms with E-state index in [0.29, 0.717) is 6.04 Å². The summed E-state index contributed by atoms with van der Waals surface area (Å²) < 4.78 is 0. The number of aliphatic hydroxyl groups is 1. The molecule has 2 nitrogen and oxygen atoms in total. The van der Waals surface area contributed by atoms with Crippen LogP contribution in [-0.2, 0) is 0 Å². The lowest BCUT2D eigenvalue weighted by atomic mass is 9.93. The molecule has 18 heavy (non-hydrogen) atoms. The summed E-state index contributed by atoms with van der Waals surface area (Å²) in [6.07, 6.45) is 10.3. The Morgan fingerprint density at radius 2 is 1.89 bits per heavy atom. The van der Waals surface area contributed by atoms with Gasteiger partial charge in [-0.25, -0.2) is 0 Å². The molecule has 0 bridgehead atoms. The minimum absolute atomic E-state index is 0.124. The van der Waals surface area contributed by atoms with E-state index in [0.717, 1.165) is 30.7 Å². The fraction of sp³-hybridized carbons (Fsp3) is 1.00. The lowest BCUT2D eigenvalue weighted by Gasteiger charge is -2.23. The maximum absolute atomic E-state index is 10.1. The van der Waals surface area contributed by atoms with Crippen LogP contribution in [0.4, 0.5) is 0 Å². The summed E-state index contributed by atoms with van der Waals surface area (Å²) in [4.78, 5) is 0. The van der Waals surface area contributed by atoms with E-state index in [-0.39, 0.29) is 6.10 Å². The molecule has 0 amide bonds. The van der Waals surface area contributed by atoms with Gasteiger partial charge in [0.05, 0.1) is 6.10 Å². The summed E-state index contributed by atoms with van der Waals surface area (Å²) in [5, 5.41) is 13.7. The molecule has 0 saturated heterocycles. The zero-order chi connectivity index (χ0) is 13.0. The molecule has 4 atom stereocenters. The number of hydrogen-bond donors (Lipinski definition) is 2. The second kappa shape index (κ2) is 6.91. The molecule has 0 radical (unpaired) electrons. The van der Waals surface area contributed by atoms with Gasteiger partial charge in [-0.05, 0) is 37.0 Å². The van der Waals surface area contributed by atoms with E-state index in [1.165, 1.54) is 44.9 Å². The Balaban J connectivity index is 1.64. The van der Waals surface area contributed by atoms with Crippen molar-refractivity contribution in [2.75, 3.05) is 6.54 Å². The highest BCUT2D eigenvalue weighted by molar-refractivity contribution is 4.87. The van der Waals surface area contributed by atoms with E-state index in [1.807, 2.05) is 0 Å². The summed E-state index contributed by atoms with van der Waals surface area (Å²) in [5.41, 5.74) is 0. The quantitative estimate of drug-likeness (QED) is 0.761. The van der Waals surface area contributed by atoms with Crippen molar-refractivity contribution in [2.45, 2.75) is 77.4 Å². The molecule has 2 rings (SSSR count). The van der Waals surface area contributed by atoms with E-state index in [1.54, 1.807) is 0 Å². The largest absolute Gasteiger partial charge is 0.392 e. The molecule has 2 aliphatic rings. The van der Waals surface area contributed by atoms with Crippen LogP contribution in [0.25, 0.3) is 0 Å². The van der Waals surface area contributed by atoms with E-state index in [4.69, 9.17) is 0 Å². The van der Waals surface area contributed by atoms with Crippen LogP contribution in [0, 0.1) is 17.8 Å². The van der Waals surface area contributed by atoms with E-state index in [2.05, 4.69) is 19.2 Å². The second-order valence-corrected chi connectivity index (χ2v) is 6.66. The first-order valence-electron chi connectivity index (χ1n) is 8.12. The number of hydrogen-bond acceptors (Lipinski definition) is 2. The molecule has 0 aromatic carbocycles. The molecule has 0 aromatic rings. The number of rotatable bonds is 6. The Labute approximate surface area is 113 Å². The van der Waals surface area contributed by atoms with Crippen LogP contribution in [-0.4, -0.2) is 23.8 Å². The van der Waals surface area contributed by atoms with Crippen molar-refractivity contribution in [3.05, 3.63) is 0 Å². The average molecular weight is 253 g/mol. The fourth-order valence-corrected chi connectivity index (χ4v) is 4.11. The maximum Gasteiger partial charge on any atom is 0.0667 e. The van der Waals surface area contributed by atoms with Crippen LogP contribution in [0.15, 0.2) is 0 Å². The van der Waals surface area contributed by atoms with Gasteiger partial charge in [0.25, 0.3) is 0 Å². The highest BCUT2D eigenvalue weighted by Gasteiger charge is 2.31. The van der Waals surface area contributed by atoms with Crippen molar-refractivity contribution in [3.8, 4) is 0 Å². The van der Waals surface area contributed by atoms with Gasteiger partial charge in [-0.3, -0.25) is 0 Å². The van der Waals surface area contributed by atoms with Crippen molar-refractivity contribution in [2.24, 2.45) is 17.8 Å². The van der Waals surface area contributed by atoms with Crippen LogP contribution < -0.4 is 5.32 Å². The molecule has 4 unspecified atom stereocenters. The summed E-state index contributed by atoms with van der Waals surface area (Å²) >= 11 is 0. The van der Waals surface area contributed by atoms with E-state index >= 15 is 0 Å². The fourth-order valence-electron chi connectivity index (χ4n) is 4.11. The molecular weight excluding hydrogens is 222 g/mol. The van der Waals surface area contributed by atoms with Gasteiger partial charge in [0, 0.05) is 12.6 Å². The highest BCUT2D eigenvalue weighted by Crippen LogP contribution is 2.34. The maximum atomic E-state index is 10.1. The normalized spacial score (nSPS) is 35.2. The Hall–Kier alpha value is -0.0800. The molecule has 0 aromatic heterocycles. The smallest absolute Gasteiger partial charge is 0.0667 e. The summed E-state index contributed by atoms with van der Waals surface area (Å²) in [7, 11) is 0. The first-order valence-corrected chi connectivity index (χ1v) is 8.12. The van der Waals surface area contributed by atoms with Crippen molar-refractivity contribution >= 4 is 0 Å². The van der Waals surface area contributed by atoms with Gasteiger partial charge in [0.2, 0.25) is 0 Å². The van der Waals surface area contributed by atoms with Crippen LogP contribution >= 0.6 is 0 Å². The second-order valence-electron chi connectivity index (χ2n) is 6.66. The Kier molecular flexibility index (Phi) is 5.50. The molecule has 2 saturated carbocycles. The van der Waals surface area contributed by atoms with E-state index in [9.17, 15) is 5.11 Å². The average Bonchev–Trinajstić information content (AvgIpc) is 2.97. The third-order valence-electron chi connectivity index (χ3n) is 5.45. The third-order valence-corrected chi connectivity index (χ3v) is 5.45. The zero-order valence-corrected chi connectivity index (χ0v) is 12.2. The SMILES string of the molecule is CCC1CCC(NCC(O)CC2CCCC2)C1C. The van der Waals surface area contributed by atoms with Crippen LogP contribution in [0.2, 0.25) is 0 Å². The molecule has 0 spiro atoms. The lowest BCUT2D eigenvalue weighted by Crippen LogP contribution is -2.38. The minimum Gasteiger partial charge on any atom is -0.392 e. The molecule has 2 N–H and O–H groups in total. The predicted octanol–water partition coefficient (Wildman–Crippen LogP) is 3.34. The zero-order valence-electron chi connectivity index (χ0n) is 12.2. The van der Waals surface area contributed by atoms with Gasteiger partial charge in [0.1, 0.15) is 0 Å². The monoisotopic (exact) mass is 253 g/mol. The molecular formula is C16H31NO. The summed E-state index contributed by atoms with van der Waals surface area (Å²) in [5.74, 6) is 2.48. The van der Waals surface area contributed by atoms with Gasteiger partial charge < -0.3 is 10.4 Å². The number of aliphatic hydroxyl groups excluding tert-OH is 1. The van der Waals surface area contributed by atoms with Crippen LogP contribution in [0.5, 0.6) is 0 Å². The Morgan fingerprint density at radius 3 is 2.50 bits per heavy atom. The van der Waals surface area contributed by atoms with Crippen molar-refractivity contribution in [1.82, 2.24) is 5.32 Å². The molecule has 0 aliphatic heterocycles. The first kappa shape index (κ1) is 14.3. The van der Waals surface area contributed by atoms with Gasteiger partial charge >= 0.3 is 0 Å². The van der Waals surface area contributed by atoms with Crippen molar-refractivity contribution in [1.29, 1.82) is 0 Å². The van der Waals surface area contributed by atoms with Gasteiger partial charge in [0.15, 0.2) is 0 Å². The molecule has 0 heterocycles. The van der Waals surface area contributed by atoms with Gasteiger partial charge in [-0.2, -0.15) is 0 Å². The van der Waals surface area contributed by atoms with E-state index < -0.39 is 0 Å². The summed E-state index contributed by atoms with van der Waals surface area (Å²) in [6, 6.07) is 0.646. The molecule has 106 valence electrons. The summed E-state index contributed by atoms with van der Waals surface area (Å²) in [6.45, 7) is 5.49. The first-order chi connectivity index (χ1) is 8.70. The van der Waals surface area contributed by atoms with Crippen molar-refractivity contribution in [3.63, 3.8) is 0 Å². The standard InChI is InChI=1S/C16H31NO/c1-3-14-8-9-16(12(14)2)17-11-15(18)10-13-6-4-5-7-13/h12-18H,3-11H2,1-2H3. The predicted molar refractivity (Wildman–Crippen MR) is 76.6 cm³/mol. The van der Waals surface area contributed by atoms with Crippen LogP contribution in [0.1, 0.15) is 65.2 Å². The van der Waals surface area contributed by atoms with Gasteiger partial charge in [-0.15, -0.1) is 0 Å². The minimum atomic E-state index is -0.124. The lowest BCUT2D eigenvalue weighted by molar-refractivity contribution is 0.134. The van der Waals surface area contributed by atoms with Gasteiger partial charge in [-0.1, -0.05) is 46.0 Å².